The lowest BCUT2D eigenvalue weighted by Gasteiger charge is -2.02. The van der Waals surface area contributed by atoms with Gasteiger partial charge in [-0.2, -0.15) is 0 Å². The second-order valence-electron chi connectivity index (χ2n) is 5.40. The first-order valence-corrected chi connectivity index (χ1v) is 8.64. The normalized spacial score (nSPS) is 11.2. The number of aromatic nitrogens is 1. The van der Waals surface area contributed by atoms with E-state index in [1.165, 1.54) is 6.08 Å². The first-order valence-electron chi connectivity index (χ1n) is 7.76. The van der Waals surface area contributed by atoms with Gasteiger partial charge in [0, 0.05) is 22.2 Å². The maximum atomic E-state index is 12.0. The van der Waals surface area contributed by atoms with Crippen molar-refractivity contribution in [1.29, 1.82) is 0 Å². The fourth-order valence-corrected chi connectivity index (χ4v) is 3.04. The summed E-state index contributed by atoms with van der Waals surface area (Å²) in [4.78, 5) is 17.5. The predicted octanol–water partition coefficient (Wildman–Crippen LogP) is 5.21. The maximum Gasteiger partial charge on any atom is 0.248 e. The molecular formula is C20H14N2O2S. The highest BCUT2D eigenvalue weighted by molar-refractivity contribution is 7.10. The van der Waals surface area contributed by atoms with Gasteiger partial charge < -0.3 is 9.73 Å². The van der Waals surface area contributed by atoms with Gasteiger partial charge in [0.05, 0.1) is 0 Å². The number of amides is 1. The summed E-state index contributed by atoms with van der Waals surface area (Å²) in [6, 6.07) is 19.0. The second kappa shape index (κ2) is 6.75. The molecule has 2 aromatic carbocycles. The van der Waals surface area contributed by atoms with Crippen LogP contribution < -0.4 is 5.32 Å². The number of thiophene rings is 1. The Bertz CT molecular complexity index is 998. The molecule has 2 aromatic heterocycles. The molecular weight excluding hydrogens is 332 g/mol. The minimum absolute atomic E-state index is 0.164. The smallest absolute Gasteiger partial charge is 0.248 e. The number of fused-ring (bicyclic) bond motifs is 1. The molecule has 0 unspecified atom stereocenters. The Morgan fingerprint density at radius 2 is 1.88 bits per heavy atom. The number of carbonyl (C=O) groups is 1. The number of hydrogen-bond donors (Lipinski definition) is 1. The van der Waals surface area contributed by atoms with E-state index in [9.17, 15) is 4.79 Å². The average molecular weight is 346 g/mol. The Morgan fingerprint density at radius 1 is 1.04 bits per heavy atom. The third kappa shape index (κ3) is 3.51. The summed E-state index contributed by atoms with van der Waals surface area (Å²) in [5.41, 5.74) is 3.17. The fraction of sp³-hybridized carbons (Fsp3) is 0. The molecule has 5 heteroatoms. The fourth-order valence-electron chi connectivity index (χ4n) is 2.42. The van der Waals surface area contributed by atoms with Crippen LogP contribution >= 0.6 is 11.3 Å². The molecule has 0 saturated carbocycles. The number of anilines is 1. The Hall–Kier alpha value is -3.18. The summed E-state index contributed by atoms with van der Waals surface area (Å²) in [6.07, 6.45) is 3.33. The zero-order valence-corrected chi connectivity index (χ0v) is 14.0. The van der Waals surface area contributed by atoms with Crippen molar-refractivity contribution >= 4 is 40.1 Å². The molecule has 2 heterocycles. The van der Waals surface area contributed by atoms with Crippen molar-refractivity contribution in [3.05, 3.63) is 77.0 Å². The monoisotopic (exact) mass is 346 g/mol. The van der Waals surface area contributed by atoms with Gasteiger partial charge in [0.1, 0.15) is 5.52 Å². The lowest BCUT2D eigenvalue weighted by Crippen LogP contribution is -2.07. The third-order valence-electron chi connectivity index (χ3n) is 3.64. The van der Waals surface area contributed by atoms with Crippen molar-refractivity contribution in [2.24, 2.45) is 0 Å². The quantitative estimate of drug-likeness (QED) is 0.516. The number of nitrogens with zero attached hydrogens (tertiary/aromatic N) is 1. The molecule has 0 atom stereocenters. The van der Waals surface area contributed by atoms with Crippen molar-refractivity contribution in [3.63, 3.8) is 0 Å². The molecule has 0 aliphatic heterocycles. The molecule has 25 heavy (non-hydrogen) atoms. The first kappa shape index (κ1) is 15.4. The minimum atomic E-state index is -0.164. The number of nitrogens with one attached hydrogen (secondary N) is 1. The Balaban J connectivity index is 1.47. The van der Waals surface area contributed by atoms with Crippen molar-refractivity contribution in [2.45, 2.75) is 0 Å². The Kier molecular flexibility index (Phi) is 4.14. The van der Waals surface area contributed by atoms with Crippen molar-refractivity contribution in [2.75, 3.05) is 5.32 Å². The van der Waals surface area contributed by atoms with E-state index in [1.807, 2.05) is 66.0 Å². The van der Waals surface area contributed by atoms with Crippen LogP contribution in [0.15, 0.2) is 76.5 Å². The van der Waals surface area contributed by atoms with Crippen molar-refractivity contribution in [3.8, 4) is 11.5 Å². The van der Waals surface area contributed by atoms with Gasteiger partial charge in [-0.25, -0.2) is 4.98 Å². The van der Waals surface area contributed by atoms with Gasteiger partial charge in [-0.3, -0.25) is 4.79 Å². The van der Waals surface area contributed by atoms with Crippen LogP contribution in [-0.2, 0) is 4.79 Å². The standard InChI is InChI=1S/C20H14N2O2S/c23-19(12-11-16-4-3-13-25-16)21-15-9-7-14(8-10-15)20-22-17-5-1-2-6-18(17)24-20/h1-13H,(H,21,23). The molecule has 0 aliphatic rings. The number of para-hydroxylation sites is 2. The molecule has 0 radical (unpaired) electrons. The van der Waals surface area contributed by atoms with E-state index in [0.717, 1.165) is 27.2 Å². The number of hydrogen-bond acceptors (Lipinski definition) is 4. The molecule has 0 saturated heterocycles. The number of benzene rings is 2. The SMILES string of the molecule is O=C(C=Cc1cccs1)Nc1ccc(-c2nc3ccccc3o2)cc1. The van der Waals surface area contributed by atoms with Crippen molar-refractivity contribution < 1.29 is 9.21 Å². The minimum Gasteiger partial charge on any atom is -0.436 e. The van der Waals surface area contributed by atoms with Crippen LogP contribution in [0.5, 0.6) is 0 Å². The summed E-state index contributed by atoms with van der Waals surface area (Å²) in [5, 5.41) is 4.81. The first-order chi connectivity index (χ1) is 12.3. The Labute approximate surface area is 148 Å². The zero-order valence-electron chi connectivity index (χ0n) is 13.2. The van der Waals surface area contributed by atoms with Crippen LogP contribution in [0.1, 0.15) is 4.88 Å². The molecule has 0 fully saturated rings. The van der Waals surface area contributed by atoms with Gasteiger partial charge >= 0.3 is 0 Å². The lowest BCUT2D eigenvalue weighted by atomic mass is 10.2. The molecule has 4 aromatic rings. The highest BCUT2D eigenvalue weighted by Gasteiger charge is 2.07. The largest absolute Gasteiger partial charge is 0.436 e. The topological polar surface area (TPSA) is 55.1 Å². The van der Waals surface area contributed by atoms with E-state index in [-0.39, 0.29) is 5.91 Å². The molecule has 0 bridgehead atoms. The van der Waals surface area contributed by atoms with Crippen LogP contribution in [0.2, 0.25) is 0 Å². The summed E-state index contributed by atoms with van der Waals surface area (Å²) in [7, 11) is 0. The van der Waals surface area contributed by atoms with Crippen LogP contribution in [-0.4, -0.2) is 10.9 Å². The predicted molar refractivity (Wildman–Crippen MR) is 101 cm³/mol. The van der Waals surface area contributed by atoms with Crippen molar-refractivity contribution in [1.82, 2.24) is 4.98 Å². The van der Waals surface area contributed by atoms with Gasteiger partial charge in [0.25, 0.3) is 0 Å². The molecule has 122 valence electrons. The molecule has 0 spiro atoms. The lowest BCUT2D eigenvalue weighted by molar-refractivity contribution is -0.111. The molecule has 1 N–H and O–H groups in total. The molecule has 4 rings (SSSR count). The molecule has 1 amide bonds. The maximum absolute atomic E-state index is 12.0. The van der Waals surface area contributed by atoms with E-state index < -0.39 is 0 Å². The van der Waals surface area contributed by atoms with Crippen LogP contribution in [0, 0.1) is 0 Å². The van der Waals surface area contributed by atoms with Gasteiger partial charge in [0.15, 0.2) is 5.58 Å². The summed E-state index contributed by atoms with van der Waals surface area (Å²) < 4.78 is 5.75. The van der Waals surface area contributed by atoms with Crippen LogP contribution in [0.4, 0.5) is 5.69 Å². The van der Waals surface area contributed by atoms with E-state index in [2.05, 4.69) is 10.3 Å². The van der Waals surface area contributed by atoms with Gasteiger partial charge in [-0.1, -0.05) is 18.2 Å². The van der Waals surface area contributed by atoms with Crippen LogP contribution in [0.25, 0.3) is 28.6 Å². The summed E-state index contributed by atoms with van der Waals surface area (Å²) >= 11 is 1.59. The number of oxazole rings is 1. The second-order valence-corrected chi connectivity index (χ2v) is 6.38. The molecule has 4 nitrogen and oxygen atoms in total. The highest BCUT2D eigenvalue weighted by atomic mass is 32.1. The molecule has 0 aliphatic carbocycles. The highest BCUT2D eigenvalue weighted by Crippen LogP contribution is 2.25. The van der Waals surface area contributed by atoms with E-state index in [1.54, 1.807) is 17.4 Å². The number of carbonyl (C=O) groups excluding carboxylic acids is 1. The van der Waals surface area contributed by atoms with Crippen LogP contribution in [0.3, 0.4) is 0 Å². The number of rotatable bonds is 4. The third-order valence-corrected chi connectivity index (χ3v) is 4.47. The zero-order chi connectivity index (χ0) is 17.1. The van der Waals surface area contributed by atoms with Gasteiger partial charge in [0.2, 0.25) is 11.8 Å². The average Bonchev–Trinajstić information content (AvgIpc) is 3.30. The van der Waals surface area contributed by atoms with Gasteiger partial charge in [-0.15, -0.1) is 11.3 Å². The Morgan fingerprint density at radius 3 is 2.64 bits per heavy atom. The van der Waals surface area contributed by atoms with E-state index >= 15 is 0 Å². The van der Waals surface area contributed by atoms with E-state index in [0.29, 0.717) is 5.89 Å². The van der Waals surface area contributed by atoms with Gasteiger partial charge in [-0.05, 0) is 53.9 Å². The summed E-state index contributed by atoms with van der Waals surface area (Å²) in [6.45, 7) is 0. The van der Waals surface area contributed by atoms with E-state index in [4.69, 9.17) is 4.42 Å². The summed E-state index contributed by atoms with van der Waals surface area (Å²) in [5.74, 6) is 0.402.